The van der Waals surface area contributed by atoms with E-state index in [1.165, 1.54) is 18.5 Å². The molecule has 3 fully saturated rings. The van der Waals surface area contributed by atoms with E-state index in [9.17, 15) is 4.39 Å². The van der Waals surface area contributed by atoms with Gasteiger partial charge in [0.05, 0.1) is 5.69 Å². The van der Waals surface area contributed by atoms with Crippen molar-refractivity contribution in [2.75, 3.05) is 31.1 Å². The standard InChI is InChI=1S/C31H41FN8O/c1-20(2)25(9-10-30(3,4)33)40-16-31(17-40)11-12-39(15-31)28-29(38-37-19-36-28)41-26-8-7-22(32)13-23(26)24-14-34-18-35-27(24)21-5-6-21/h7-8,13-14,18-21,25H,5-6,9-12,15-17,33H2,1-4H3/t25-/m0/s1. The Balaban J connectivity index is 1.19. The highest BCUT2D eigenvalue weighted by atomic mass is 19.1. The quantitative estimate of drug-likeness (QED) is 0.358. The summed E-state index contributed by atoms with van der Waals surface area (Å²) >= 11 is 0. The number of ether oxygens (including phenoxy) is 1. The number of rotatable bonds is 10. The van der Waals surface area contributed by atoms with Crippen LogP contribution in [0.3, 0.4) is 0 Å². The molecule has 2 N–H and O–H groups in total. The van der Waals surface area contributed by atoms with Crippen molar-refractivity contribution in [3.63, 3.8) is 0 Å². The van der Waals surface area contributed by atoms with Gasteiger partial charge in [-0.15, -0.1) is 10.2 Å². The first-order valence-corrected chi connectivity index (χ1v) is 14.8. The third-order valence-corrected chi connectivity index (χ3v) is 8.85. The van der Waals surface area contributed by atoms with Gasteiger partial charge in [-0.05, 0) is 70.1 Å². The molecule has 1 atom stereocenters. The van der Waals surface area contributed by atoms with Gasteiger partial charge in [0.2, 0.25) is 0 Å². The molecule has 0 amide bonds. The number of anilines is 1. The van der Waals surface area contributed by atoms with Gasteiger partial charge in [-0.1, -0.05) is 13.8 Å². The topological polar surface area (TPSA) is 106 Å². The van der Waals surface area contributed by atoms with E-state index in [2.05, 4.69) is 62.6 Å². The molecule has 218 valence electrons. The first-order chi connectivity index (χ1) is 19.6. The van der Waals surface area contributed by atoms with E-state index < -0.39 is 0 Å². The Bertz CT molecular complexity index is 1380. The van der Waals surface area contributed by atoms with Gasteiger partial charge in [-0.2, -0.15) is 0 Å². The molecule has 2 aromatic heterocycles. The number of hydrogen-bond donors (Lipinski definition) is 1. The molecule has 0 unspecified atom stereocenters. The van der Waals surface area contributed by atoms with Crippen molar-refractivity contribution in [3.05, 3.63) is 48.6 Å². The molecule has 3 aromatic rings. The molecule has 3 aliphatic rings. The molecule has 9 nitrogen and oxygen atoms in total. The largest absolute Gasteiger partial charge is 0.434 e. The van der Waals surface area contributed by atoms with E-state index in [1.54, 1.807) is 18.6 Å². The fraction of sp³-hybridized carbons (Fsp3) is 0.581. The van der Waals surface area contributed by atoms with E-state index in [-0.39, 0.29) is 16.8 Å². The Morgan fingerprint density at radius 1 is 1.12 bits per heavy atom. The van der Waals surface area contributed by atoms with Crippen molar-refractivity contribution in [1.29, 1.82) is 0 Å². The van der Waals surface area contributed by atoms with Gasteiger partial charge in [-0.3, -0.25) is 4.90 Å². The molecule has 1 aromatic carbocycles. The van der Waals surface area contributed by atoms with Crippen molar-refractivity contribution in [3.8, 4) is 22.8 Å². The molecule has 0 radical (unpaired) electrons. The average molecular weight is 561 g/mol. The molecule has 1 spiro atoms. The van der Waals surface area contributed by atoms with Crippen LogP contribution in [0, 0.1) is 17.2 Å². The molecule has 2 aliphatic heterocycles. The van der Waals surface area contributed by atoms with Crippen LogP contribution in [0.25, 0.3) is 11.1 Å². The van der Waals surface area contributed by atoms with Crippen LogP contribution in [0.2, 0.25) is 0 Å². The fourth-order valence-electron chi connectivity index (χ4n) is 6.56. The number of hydrogen-bond acceptors (Lipinski definition) is 9. The van der Waals surface area contributed by atoms with Gasteiger partial charge in [-0.25, -0.2) is 19.3 Å². The SMILES string of the molecule is CC(C)[C@H](CCC(C)(C)N)N1CC2(CCN(c3ncnnc3Oc3ccc(F)cc3-c3cncnc3C3CC3)C2)C1. The van der Waals surface area contributed by atoms with Crippen LogP contribution < -0.4 is 15.4 Å². The van der Waals surface area contributed by atoms with Crippen molar-refractivity contribution in [2.24, 2.45) is 17.1 Å². The van der Waals surface area contributed by atoms with E-state index in [0.717, 1.165) is 69.5 Å². The van der Waals surface area contributed by atoms with Crippen molar-refractivity contribution in [2.45, 2.75) is 77.3 Å². The van der Waals surface area contributed by atoms with Gasteiger partial charge in [0.1, 0.15) is 24.2 Å². The summed E-state index contributed by atoms with van der Waals surface area (Å²) in [4.78, 5) is 18.2. The molecule has 6 rings (SSSR count). The Kier molecular flexibility index (Phi) is 7.40. The van der Waals surface area contributed by atoms with E-state index in [1.807, 2.05) is 0 Å². The van der Waals surface area contributed by atoms with Gasteiger partial charge >= 0.3 is 0 Å². The lowest BCUT2D eigenvalue weighted by molar-refractivity contribution is -0.0351. The molecule has 41 heavy (non-hydrogen) atoms. The average Bonchev–Trinajstić information content (AvgIpc) is 3.67. The Morgan fingerprint density at radius 3 is 2.66 bits per heavy atom. The molecule has 1 aliphatic carbocycles. The second-order valence-electron chi connectivity index (χ2n) is 13.3. The van der Waals surface area contributed by atoms with Crippen molar-refractivity contribution >= 4 is 5.82 Å². The van der Waals surface area contributed by atoms with Crippen LogP contribution >= 0.6 is 0 Å². The second-order valence-corrected chi connectivity index (χ2v) is 13.3. The zero-order valence-corrected chi connectivity index (χ0v) is 24.6. The number of nitrogens with zero attached hydrogens (tertiary/aromatic N) is 7. The number of likely N-dealkylation sites (tertiary alicyclic amines) is 1. The summed E-state index contributed by atoms with van der Waals surface area (Å²) in [6.07, 6.45) is 10.1. The number of nitrogens with two attached hydrogens (primary N) is 1. The summed E-state index contributed by atoms with van der Waals surface area (Å²) in [5, 5.41) is 8.35. The Labute approximate surface area is 241 Å². The molecule has 1 saturated carbocycles. The molecule has 2 saturated heterocycles. The fourth-order valence-corrected chi connectivity index (χ4v) is 6.56. The maximum atomic E-state index is 14.5. The van der Waals surface area contributed by atoms with Crippen molar-refractivity contribution in [1.82, 2.24) is 30.0 Å². The lowest BCUT2D eigenvalue weighted by Crippen LogP contribution is -2.62. The van der Waals surface area contributed by atoms with Crippen LogP contribution in [0.1, 0.15) is 71.4 Å². The minimum atomic E-state index is -0.346. The van der Waals surface area contributed by atoms with Gasteiger partial charge in [0.15, 0.2) is 5.82 Å². The second kappa shape index (κ2) is 10.9. The predicted octanol–water partition coefficient (Wildman–Crippen LogP) is 5.19. The smallest absolute Gasteiger partial charge is 0.282 e. The van der Waals surface area contributed by atoms with Crippen LogP contribution in [0.5, 0.6) is 11.6 Å². The van der Waals surface area contributed by atoms with Crippen LogP contribution in [0.4, 0.5) is 10.2 Å². The zero-order valence-electron chi connectivity index (χ0n) is 24.6. The summed E-state index contributed by atoms with van der Waals surface area (Å²) in [5.74, 6) is 2.09. The number of aromatic nitrogens is 5. The van der Waals surface area contributed by atoms with Gasteiger partial charge in [0.25, 0.3) is 5.88 Å². The maximum absolute atomic E-state index is 14.5. The summed E-state index contributed by atoms with van der Waals surface area (Å²) in [6.45, 7) is 12.8. The lowest BCUT2D eigenvalue weighted by Gasteiger charge is -2.53. The molecule has 10 heteroatoms. The zero-order chi connectivity index (χ0) is 28.8. The van der Waals surface area contributed by atoms with Crippen LogP contribution in [0.15, 0.2) is 37.1 Å². The minimum Gasteiger partial charge on any atom is -0.434 e. The van der Waals surface area contributed by atoms with Gasteiger partial charge < -0.3 is 15.4 Å². The van der Waals surface area contributed by atoms with Crippen molar-refractivity contribution < 1.29 is 9.13 Å². The monoisotopic (exact) mass is 560 g/mol. The van der Waals surface area contributed by atoms with Gasteiger partial charge in [0, 0.05) is 66.4 Å². The summed E-state index contributed by atoms with van der Waals surface area (Å²) in [5.41, 5.74) is 8.72. The first-order valence-electron chi connectivity index (χ1n) is 14.8. The predicted molar refractivity (Wildman–Crippen MR) is 156 cm³/mol. The maximum Gasteiger partial charge on any atom is 0.282 e. The summed E-state index contributed by atoms with van der Waals surface area (Å²) < 4.78 is 20.8. The normalized spacial score (nSPS) is 19.5. The number of benzene rings is 1. The molecular weight excluding hydrogens is 519 g/mol. The first kappa shape index (κ1) is 27.9. The number of halogens is 1. The lowest BCUT2D eigenvalue weighted by atomic mass is 9.76. The highest BCUT2D eigenvalue weighted by Gasteiger charge is 2.50. The highest BCUT2D eigenvalue weighted by molar-refractivity contribution is 5.73. The molecular formula is C31H41FN8O. The molecule has 4 heterocycles. The van der Waals surface area contributed by atoms with E-state index >= 15 is 0 Å². The minimum absolute atomic E-state index is 0.145. The Morgan fingerprint density at radius 2 is 1.93 bits per heavy atom. The van der Waals surface area contributed by atoms with E-state index in [4.69, 9.17) is 10.5 Å². The molecule has 0 bridgehead atoms. The van der Waals surface area contributed by atoms with E-state index in [0.29, 0.717) is 40.9 Å². The summed E-state index contributed by atoms with van der Waals surface area (Å²) in [7, 11) is 0. The highest BCUT2D eigenvalue weighted by Crippen LogP contribution is 2.47. The van der Waals surface area contributed by atoms with Crippen LogP contribution in [-0.2, 0) is 0 Å². The van der Waals surface area contributed by atoms with Crippen LogP contribution in [-0.4, -0.2) is 67.8 Å². The summed E-state index contributed by atoms with van der Waals surface area (Å²) in [6, 6.07) is 5.05. The third-order valence-electron chi connectivity index (χ3n) is 8.85. The Hall–Kier alpha value is -3.24. The third kappa shape index (κ3) is 6.04.